The third-order valence-electron chi connectivity index (χ3n) is 4.59. The van der Waals surface area contributed by atoms with E-state index >= 15 is 0 Å². The molecule has 5 heteroatoms. The van der Waals surface area contributed by atoms with Crippen LogP contribution in [0.1, 0.15) is 25.0 Å². The zero-order valence-electron chi connectivity index (χ0n) is 14.5. The second kappa shape index (κ2) is 7.63. The molecule has 0 radical (unpaired) electrons. The van der Waals surface area contributed by atoms with Gasteiger partial charge in [0.1, 0.15) is 0 Å². The van der Waals surface area contributed by atoms with Gasteiger partial charge in [0.15, 0.2) is 0 Å². The summed E-state index contributed by atoms with van der Waals surface area (Å²) in [5.74, 6) is -0.128. The summed E-state index contributed by atoms with van der Waals surface area (Å²) in [6.07, 6.45) is 2.65. The van der Waals surface area contributed by atoms with Crippen LogP contribution in [0, 0.1) is 0 Å². The van der Waals surface area contributed by atoms with E-state index in [1.54, 1.807) is 6.08 Å². The Labute approximate surface area is 163 Å². The van der Waals surface area contributed by atoms with Crippen molar-refractivity contribution < 1.29 is 4.79 Å². The van der Waals surface area contributed by atoms with Crippen molar-refractivity contribution in [2.24, 2.45) is 0 Å². The number of nitrogens with one attached hydrogen (secondary N) is 1. The van der Waals surface area contributed by atoms with E-state index in [1.807, 2.05) is 37.4 Å². The lowest BCUT2D eigenvalue weighted by Crippen LogP contribution is -2.45. The molecule has 1 aliphatic heterocycles. The average molecular weight is 422 g/mol. The lowest BCUT2D eigenvalue weighted by Gasteiger charge is -2.44. The van der Waals surface area contributed by atoms with Gasteiger partial charge in [-0.15, -0.1) is 12.4 Å². The number of anilines is 1. The molecule has 1 amide bonds. The standard InChI is InChI=1S/C20H21BrN2O.ClH/c1-20(2)13-14-8-4-5-9-15(14)18(23(20)3)12-19(24)22-17-11-7-6-10-16(17)21;/h4-12H,13H2,1-3H3,(H,22,24);1H. The second-order valence-electron chi connectivity index (χ2n) is 6.70. The predicted molar refractivity (Wildman–Crippen MR) is 110 cm³/mol. The lowest BCUT2D eigenvalue weighted by atomic mass is 9.84. The fourth-order valence-corrected chi connectivity index (χ4v) is 3.43. The van der Waals surface area contributed by atoms with Crippen LogP contribution in [0.15, 0.2) is 59.1 Å². The van der Waals surface area contributed by atoms with Gasteiger partial charge < -0.3 is 10.2 Å². The number of hydrogen-bond donors (Lipinski definition) is 1. The van der Waals surface area contributed by atoms with Crippen LogP contribution in [0.4, 0.5) is 5.69 Å². The highest BCUT2D eigenvalue weighted by atomic mass is 79.9. The minimum Gasteiger partial charge on any atom is -0.368 e. The van der Waals surface area contributed by atoms with Crippen LogP contribution in [0.2, 0.25) is 0 Å². The van der Waals surface area contributed by atoms with Crippen molar-refractivity contribution in [3.8, 4) is 0 Å². The maximum atomic E-state index is 12.6. The van der Waals surface area contributed by atoms with Gasteiger partial charge in [-0.1, -0.05) is 36.4 Å². The summed E-state index contributed by atoms with van der Waals surface area (Å²) < 4.78 is 0.870. The van der Waals surface area contributed by atoms with E-state index < -0.39 is 0 Å². The molecule has 3 nitrogen and oxygen atoms in total. The number of carbonyl (C=O) groups excluding carboxylic acids is 1. The third kappa shape index (κ3) is 4.07. The normalized spacial score (nSPS) is 16.8. The van der Waals surface area contributed by atoms with Crippen molar-refractivity contribution in [1.82, 2.24) is 4.90 Å². The number of carbonyl (C=O) groups is 1. The minimum absolute atomic E-state index is 0. The first-order valence-electron chi connectivity index (χ1n) is 7.98. The van der Waals surface area contributed by atoms with Crippen molar-refractivity contribution >= 4 is 45.6 Å². The SMILES string of the molecule is CN1C(=CC(=O)Nc2ccccc2Br)c2ccccc2CC1(C)C.Cl. The molecule has 25 heavy (non-hydrogen) atoms. The van der Waals surface area contributed by atoms with E-state index in [0.717, 1.165) is 27.8 Å². The van der Waals surface area contributed by atoms with Gasteiger partial charge in [0, 0.05) is 34.4 Å². The molecule has 1 N–H and O–H groups in total. The predicted octanol–water partition coefficient (Wildman–Crippen LogP) is 5.12. The van der Waals surface area contributed by atoms with Crippen LogP contribution < -0.4 is 5.32 Å². The van der Waals surface area contributed by atoms with Crippen LogP contribution in [-0.4, -0.2) is 23.4 Å². The molecule has 0 saturated heterocycles. The van der Waals surface area contributed by atoms with Crippen molar-refractivity contribution in [1.29, 1.82) is 0 Å². The lowest BCUT2D eigenvalue weighted by molar-refractivity contribution is -0.111. The van der Waals surface area contributed by atoms with E-state index in [9.17, 15) is 4.79 Å². The smallest absolute Gasteiger partial charge is 0.250 e. The number of hydrogen-bond acceptors (Lipinski definition) is 2. The summed E-state index contributed by atoms with van der Waals surface area (Å²) in [6, 6.07) is 15.9. The molecule has 0 saturated carbocycles. The molecular formula is C20H22BrClN2O. The van der Waals surface area contributed by atoms with Crippen molar-refractivity contribution in [3.05, 3.63) is 70.2 Å². The Hall–Kier alpha value is -1.78. The maximum Gasteiger partial charge on any atom is 0.250 e. The van der Waals surface area contributed by atoms with Crippen molar-refractivity contribution in [2.75, 3.05) is 12.4 Å². The molecule has 0 atom stereocenters. The molecule has 2 aromatic rings. The van der Waals surface area contributed by atoms with Crippen LogP contribution in [-0.2, 0) is 11.2 Å². The van der Waals surface area contributed by atoms with Gasteiger partial charge in [0.25, 0.3) is 0 Å². The number of amides is 1. The summed E-state index contributed by atoms with van der Waals surface area (Å²) >= 11 is 3.46. The van der Waals surface area contributed by atoms with Crippen LogP contribution in [0.5, 0.6) is 0 Å². The summed E-state index contributed by atoms with van der Waals surface area (Å²) in [6.45, 7) is 4.39. The Kier molecular flexibility index (Phi) is 5.96. The molecule has 2 aromatic carbocycles. The molecule has 0 bridgehead atoms. The maximum absolute atomic E-state index is 12.6. The van der Waals surface area contributed by atoms with Crippen molar-refractivity contribution in [3.63, 3.8) is 0 Å². The van der Waals surface area contributed by atoms with Crippen LogP contribution in [0.25, 0.3) is 5.70 Å². The van der Waals surface area contributed by atoms with Crippen LogP contribution in [0.3, 0.4) is 0 Å². The number of benzene rings is 2. The van der Waals surface area contributed by atoms with E-state index in [0.29, 0.717) is 0 Å². The Morgan fingerprint density at radius 1 is 1.16 bits per heavy atom. The molecule has 0 fully saturated rings. The quantitative estimate of drug-likeness (QED) is 0.683. The molecule has 0 unspecified atom stereocenters. The molecule has 0 aromatic heterocycles. The van der Waals surface area contributed by atoms with E-state index in [2.05, 4.69) is 58.2 Å². The number of rotatable bonds is 2. The van der Waals surface area contributed by atoms with Gasteiger partial charge in [0.2, 0.25) is 5.91 Å². The van der Waals surface area contributed by atoms with E-state index in [-0.39, 0.29) is 23.9 Å². The molecule has 1 heterocycles. The van der Waals surface area contributed by atoms with Crippen LogP contribution >= 0.6 is 28.3 Å². The zero-order chi connectivity index (χ0) is 17.3. The fraction of sp³-hybridized carbons (Fsp3) is 0.250. The van der Waals surface area contributed by atoms with Gasteiger partial charge in [0.05, 0.1) is 5.69 Å². The van der Waals surface area contributed by atoms with Gasteiger partial charge in [-0.3, -0.25) is 4.79 Å². The van der Waals surface area contributed by atoms with Gasteiger partial charge in [-0.2, -0.15) is 0 Å². The number of fused-ring (bicyclic) bond motifs is 1. The van der Waals surface area contributed by atoms with Gasteiger partial charge in [-0.25, -0.2) is 0 Å². The highest BCUT2D eigenvalue weighted by molar-refractivity contribution is 9.10. The highest BCUT2D eigenvalue weighted by Crippen LogP contribution is 2.36. The number of nitrogens with zero attached hydrogens (tertiary/aromatic N) is 1. The Morgan fingerprint density at radius 2 is 1.80 bits per heavy atom. The molecule has 3 rings (SSSR count). The molecule has 0 aliphatic carbocycles. The Morgan fingerprint density at radius 3 is 2.52 bits per heavy atom. The first-order valence-corrected chi connectivity index (χ1v) is 8.77. The first kappa shape index (κ1) is 19.5. The zero-order valence-corrected chi connectivity index (χ0v) is 16.9. The molecule has 132 valence electrons. The fourth-order valence-electron chi connectivity index (χ4n) is 3.05. The van der Waals surface area contributed by atoms with E-state index in [1.165, 1.54) is 5.56 Å². The summed E-state index contributed by atoms with van der Waals surface area (Å²) in [4.78, 5) is 14.8. The number of para-hydroxylation sites is 1. The Balaban J connectivity index is 0.00000225. The topological polar surface area (TPSA) is 32.3 Å². The van der Waals surface area contributed by atoms with E-state index in [4.69, 9.17) is 0 Å². The van der Waals surface area contributed by atoms with Gasteiger partial charge in [-0.05, 0) is 53.9 Å². The minimum atomic E-state index is -0.128. The Bertz CT molecular complexity index is 817. The highest BCUT2D eigenvalue weighted by Gasteiger charge is 2.33. The summed E-state index contributed by atoms with van der Waals surface area (Å²) in [5, 5.41) is 2.95. The molecule has 1 aliphatic rings. The molecule has 0 spiro atoms. The summed E-state index contributed by atoms with van der Waals surface area (Å²) in [5.41, 5.74) is 4.09. The number of halogens is 2. The largest absolute Gasteiger partial charge is 0.368 e. The first-order chi connectivity index (χ1) is 11.4. The third-order valence-corrected chi connectivity index (χ3v) is 5.28. The second-order valence-corrected chi connectivity index (χ2v) is 7.56. The monoisotopic (exact) mass is 420 g/mol. The average Bonchev–Trinajstić information content (AvgIpc) is 2.54. The number of likely N-dealkylation sites (N-methyl/N-ethyl adjacent to an activating group) is 1. The van der Waals surface area contributed by atoms with Crippen molar-refractivity contribution in [2.45, 2.75) is 25.8 Å². The summed E-state index contributed by atoms with van der Waals surface area (Å²) in [7, 11) is 2.05. The van der Waals surface area contributed by atoms with Gasteiger partial charge >= 0.3 is 0 Å². The molecular weight excluding hydrogens is 400 g/mol.